The summed E-state index contributed by atoms with van der Waals surface area (Å²) in [6, 6.07) is 8.69. The molecule has 1 saturated carbocycles. The molecule has 2 aromatic carbocycles. The van der Waals surface area contributed by atoms with E-state index < -0.39 is 11.6 Å². The Hall–Kier alpha value is -2.83. The van der Waals surface area contributed by atoms with Gasteiger partial charge in [-0.25, -0.2) is 13.6 Å². The van der Waals surface area contributed by atoms with E-state index in [0.29, 0.717) is 31.1 Å². The Morgan fingerprint density at radius 3 is 2.63 bits per heavy atom. The second-order valence-corrected chi connectivity index (χ2v) is 6.71. The molecule has 2 aliphatic rings. The average Bonchev–Trinajstić information content (AvgIpc) is 3.42. The minimum atomic E-state index is -0.575. The Labute approximate surface area is 155 Å². The molecule has 7 heteroatoms. The van der Waals surface area contributed by atoms with Crippen molar-refractivity contribution < 1.29 is 23.0 Å². The highest BCUT2D eigenvalue weighted by Gasteiger charge is 2.42. The summed E-state index contributed by atoms with van der Waals surface area (Å²) in [4.78, 5) is 12.2. The molecule has 0 saturated heterocycles. The van der Waals surface area contributed by atoms with Crippen molar-refractivity contribution in [2.24, 2.45) is 0 Å². The fourth-order valence-electron chi connectivity index (χ4n) is 3.33. The Kier molecular flexibility index (Phi) is 4.83. The predicted molar refractivity (Wildman–Crippen MR) is 94.9 cm³/mol. The Morgan fingerprint density at radius 1 is 1.07 bits per heavy atom. The number of ether oxygens (including phenoxy) is 2. The zero-order chi connectivity index (χ0) is 18.8. The summed E-state index contributed by atoms with van der Waals surface area (Å²) in [6.07, 6.45) is 1.32. The van der Waals surface area contributed by atoms with Gasteiger partial charge in [-0.1, -0.05) is 18.2 Å². The first-order chi connectivity index (χ1) is 13.1. The Bertz CT molecular complexity index is 839. The molecule has 0 radical (unpaired) electrons. The largest absolute Gasteiger partial charge is 0.490 e. The summed E-state index contributed by atoms with van der Waals surface area (Å²) < 4.78 is 39.0. The quantitative estimate of drug-likeness (QED) is 0.861. The molecule has 1 fully saturated rings. The molecule has 1 aliphatic heterocycles. The number of amides is 2. The molecule has 0 spiro atoms. The molecule has 142 valence electrons. The first kappa shape index (κ1) is 17.6. The van der Waals surface area contributed by atoms with Crippen LogP contribution < -0.4 is 20.1 Å². The SMILES string of the molecule is O=C(NCc1cccc2c1OCCCO2)N[C@H]1C[C@@H]1c1c(F)cccc1F. The smallest absolute Gasteiger partial charge is 0.315 e. The summed E-state index contributed by atoms with van der Waals surface area (Å²) >= 11 is 0. The van der Waals surface area contributed by atoms with Gasteiger partial charge in [-0.05, 0) is 24.6 Å². The highest BCUT2D eigenvalue weighted by atomic mass is 19.1. The maximum absolute atomic E-state index is 13.8. The van der Waals surface area contributed by atoms with E-state index in [0.717, 1.165) is 12.0 Å². The van der Waals surface area contributed by atoms with Crippen LogP contribution in [0.25, 0.3) is 0 Å². The zero-order valence-corrected chi connectivity index (χ0v) is 14.6. The molecular formula is C20H20F2N2O3. The molecule has 2 amide bonds. The predicted octanol–water partition coefficient (Wildman–Crippen LogP) is 3.48. The van der Waals surface area contributed by atoms with Gasteiger partial charge in [0.2, 0.25) is 0 Å². The van der Waals surface area contributed by atoms with Crippen LogP contribution in [0, 0.1) is 11.6 Å². The lowest BCUT2D eigenvalue weighted by Crippen LogP contribution is -2.37. The lowest BCUT2D eigenvalue weighted by Gasteiger charge is -2.13. The van der Waals surface area contributed by atoms with Crippen LogP contribution in [0.3, 0.4) is 0 Å². The van der Waals surface area contributed by atoms with Crippen LogP contribution in [0.2, 0.25) is 0 Å². The van der Waals surface area contributed by atoms with Crippen LogP contribution in [0.5, 0.6) is 11.5 Å². The summed E-state index contributed by atoms with van der Waals surface area (Å²) in [5, 5.41) is 5.53. The van der Waals surface area contributed by atoms with Crippen molar-refractivity contribution in [3.05, 3.63) is 59.2 Å². The number of carbonyl (C=O) groups is 1. The van der Waals surface area contributed by atoms with Crippen molar-refractivity contribution in [2.75, 3.05) is 13.2 Å². The maximum Gasteiger partial charge on any atom is 0.315 e. The standard InChI is InChI=1S/C20H20F2N2O3/c21-14-5-2-6-15(22)18(14)13-10-16(13)24-20(25)23-11-12-4-1-7-17-19(12)27-9-3-8-26-17/h1-2,4-7,13,16H,3,8-11H2,(H2,23,24,25)/t13-,16-/m0/s1. The molecular weight excluding hydrogens is 354 g/mol. The van der Waals surface area contributed by atoms with Gasteiger partial charge < -0.3 is 20.1 Å². The summed E-state index contributed by atoms with van der Waals surface area (Å²) in [6.45, 7) is 1.43. The van der Waals surface area contributed by atoms with Crippen molar-refractivity contribution in [2.45, 2.75) is 31.3 Å². The van der Waals surface area contributed by atoms with Crippen LogP contribution in [-0.4, -0.2) is 25.3 Å². The molecule has 1 heterocycles. The fraction of sp³-hybridized carbons (Fsp3) is 0.350. The number of fused-ring (bicyclic) bond motifs is 1. The summed E-state index contributed by atoms with van der Waals surface area (Å²) in [5.41, 5.74) is 0.860. The normalized spacial score (nSPS) is 20.5. The molecule has 0 bridgehead atoms. The van der Waals surface area contributed by atoms with Gasteiger partial charge in [-0.3, -0.25) is 0 Å². The van der Waals surface area contributed by atoms with E-state index in [1.165, 1.54) is 18.2 Å². The average molecular weight is 374 g/mol. The van der Waals surface area contributed by atoms with E-state index in [1.54, 1.807) is 0 Å². The van der Waals surface area contributed by atoms with Crippen LogP contribution >= 0.6 is 0 Å². The van der Waals surface area contributed by atoms with E-state index in [2.05, 4.69) is 10.6 Å². The van der Waals surface area contributed by atoms with Gasteiger partial charge in [0.05, 0.1) is 13.2 Å². The number of rotatable bonds is 4. The van der Waals surface area contributed by atoms with Crippen molar-refractivity contribution >= 4 is 6.03 Å². The third-order valence-corrected chi connectivity index (χ3v) is 4.77. The molecule has 2 atom stereocenters. The highest BCUT2D eigenvalue weighted by Crippen LogP contribution is 2.43. The summed E-state index contributed by atoms with van der Waals surface area (Å²) in [7, 11) is 0. The van der Waals surface area contributed by atoms with Gasteiger partial charge in [-0.15, -0.1) is 0 Å². The lowest BCUT2D eigenvalue weighted by molar-refractivity contribution is 0.239. The van der Waals surface area contributed by atoms with Crippen molar-refractivity contribution in [1.82, 2.24) is 10.6 Å². The Balaban J connectivity index is 1.34. The number of benzene rings is 2. The minimum Gasteiger partial charge on any atom is -0.490 e. The molecule has 5 nitrogen and oxygen atoms in total. The Morgan fingerprint density at radius 2 is 1.81 bits per heavy atom. The van der Waals surface area contributed by atoms with Gasteiger partial charge >= 0.3 is 6.03 Å². The molecule has 0 aromatic heterocycles. The molecule has 4 rings (SSSR count). The first-order valence-electron chi connectivity index (χ1n) is 8.99. The topological polar surface area (TPSA) is 59.6 Å². The van der Waals surface area contributed by atoms with Gasteiger partial charge in [0, 0.05) is 36.1 Å². The molecule has 2 aromatic rings. The van der Waals surface area contributed by atoms with Crippen molar-refractivity contribution in [3.63, 3.8) is 0 Å². The van der Waals surface area contributed by atoms with Gasteiger partial charge in [0.25, 0.3) is 0 Å². The van der Waals surface area contributed by atoms with E-state index in [4.69, 9.17) is 9.47 Å². The summed E-state index contributed by atoms with van der Waals surface area (Å²) in [5.74, 6) is -0.165. The molecule has 27 heavy (non-hydrogen) atoms. The fourth-order valence-corrected chi connectivity index (χ4v) is 3.33. The van der Waals surface area contributed by atoms with Crippen molar-refractivity contribution in [3.8, 4) is 11.5 Å². The van der Waals surface area contributed by atoms with Gasteiger partial charge in [0.15, 0.2) is 11.5 Å². The van der Waals surface area contributed by atoms with Crippen molar-refractivity contribution in [1.29, 1.82) is 0 Å². The minimum absolute atomic E-state index is 0.0433. The van der Waals surface area contributed by atoms with Crippen LogP contribution in [0.15, 0.2) is 36.4 Å². The van der Waals surface area contributed by atoms with E-state index in [-0.39, 0.29) is 30.1 Å². The number of hydrogen-bond donors (Lipinski definition) is 2. The van der Waals surface area contributed by atoms with Gasteiger partial charge in [-0.2, -0.15) is 0 Å². The molecule has 1 aliphatic carbocycles. The lowest BCUT2D eigenvalue weighted by atomic mass is 10.1. The monoisotopic (exact) mass is 374 g/mol. The number of hydrogen-bond acceptors (Lipinski definition) is 3. The third kappa shape index (κ3) is 3.82. The maximum atomic E-state index is 13.8. The molecule has 2 N–H and O–H groups in total. The second-order valence-electron chi connectivity index (χ2n) is 6.71. The number of halogens is 2. The first-order valence-corrected chi connectivity index (χ1v) is 8.99. The van der Waals surface area contributed by atoms with Gasteiger partial charge in [0.1, 0.15) is 11.6 Å². The number of carbonyl (C=O) groups excluding carboxylic acids is 1. The van der Waals surface area contributed by atoms with Crippen LogP contribution in [0.1, 0.15) is 29.9 Å². The number of urea groups is 1. The van der Waals surface area contributed by atoms with E-state index in [1.807, 2.05) is 18.2 Å². The third-order valence-electron chi connectivity index (χ3n) is 4.77. The second kappa shape index (κ2) is 7.42. The van der Waals surface area contributed by atoms with E-state index >= 15 is 0 Å². The molecule has 0 unspecified atom stereocenters. The van der Waals surface area contributed by atoms with E-state index in [9.17, 15) is 13.6 Å². The zero-order valence-electron chi connectivity index (χ0n) is 14.6. The number of para-hydroxylation sites is 1. The van der Waals surface area contributed by atoms with Crippen LogP contribution in [-0.2, 0) is 6.54 Å². The number of nitrogens with one attached hydrogen (secondary N) is 2. The highest BCUT2D eigenvalue weighted by molar-refractivity contribution is 5.75. The van der Waals surface area contributed by atoms with Crippen LogP contribution in [0.4, 0.5) is 13.6 Å².